The highest BCUT2D eigenvalue weighted by molar-refractivity contribution is 7.85. The number of β-amino-alcohol motifs (C(OH)–C–C–N with tert-alkyl or cyclic N) is 1. The molecular formula is C12H12N2O7S. The van der Waals surface area contributed by atoms with E-state index in [9.17, 15) is 23.1 Å². The van der Waals surface area contributed by atoms with Crippen molar-refractivity contribution in [1.29, 1.82) is 0 Å². The fourth-order valence-electron chi connectivity index (χ4n) is 1.83. The number of aliphatic hydroxyl groups is 1. The Morgan fingerprint density at radius 1 is 1.23 bits per heavy atom. The van der Waals surface area contributed by atoms with Crippen molar-refractivity contribution >= 4 is 27.6 Å². The highest BCUT2D eigenvalue weighted by Gasteiger charge is 2.31. The first-order valence-electron chi connectivity index (χ1n) is 6.00. The van der Waals surface area contributed by atoms with Crippen LogP contribution in [0.4, 0.5) is 5.69 Å². The summed E-state index contributed by atoms with van der Waals surface area (Å²) in [5, 5.41) is 21.0. The lowest BCUT2D eigenvalue weighted by molar-refractivity contribution is -0.137. The third-order valence-electron chi connectivity index (χ3n) is 2.87. The molecule has 2 rings (SSSR count). The smallest absolute Gasteiger partial charge is 0.294 e. The summed E-state index contributed by atoms with van der Waals surface area (Å²) >= 11 is 0. The average molecular weight is 328 g/mol. The van der Waals surface area contributed by atoms with E-state index in [1.807, 2.05) is 0 Å². The first-order chi connectivity index (χ1) is 10.2. The molecule has 0 saturated heterocycles. The Kier molecular flexibility index (Phi) is 4.17. The fraction of sp³-hybridized carbons (Fsp3) is 0.167. The van der Waals surface area contributed by atoms with Crippen molar-refractivity contribution < 1.29 is 32.8 Å². The first kappa shape index (κ1) is 15.9. The number of carbonyl (C=O) groups excluding carboxylic acids is 2. The van der Waals surface area contributed by atoms with E-state index in [4.69, 9.17) is 9.66 Å². The Hall–Kier alpha value is -2.43. The van der Waals surface area contributed by atoms with Crippen LogP contribution in [-0.2, 0) is 19.7 Å². The van der Waals surface area contributed by atoms with Crippen LogP contribution in [0.15, 0.2) is 34.9 Å². The highest BCUT2D eigenvalue weighted by Crippen LogP contribution is 2.28. The number of rotatable bonds is 5. The van der Waals surface area contributed by atoms with Gasteiger partial charge >= 0.3 is 0 Å². The molecule has 0 fully saturated rings. The molecule has 0 aliphatic carbocycles. The summed E-state index contributed by atoms with van der Waals surface area (Å²) in [6.07, 6.45) is 0.994. The van der Waals surface area contributed by atoms with Gasteiger partial charge in [0, 0.05) is 12.1 Å². The molecule has 118 valence electrons. The summed E-state index contributed by atoms with van der Waals surface area (Å²) in [7, 11) is -4.46. The second-order valence-electron chi connectivity index (χ2n) is 4.36. The first-order valence-corrected chi connectivity index (χ1v) is 7.44. The van der Waals surface area contributed by atoms with Gasteiger partial charge in [0.2, 0.25) is 0 Å². The third-order valence-corrected chi connectivity index (χ3v) is 3.72. The predicted octanol–water partition coefficient (Wildman–Crippen LogP) is -0.704. The van der Waals surface area contributed by atoms with Gasteiger partial charge in [-0.1, -0.05) is 0 Å². The van der Waals surface area contributed by atoms with Crippen LogP contribution in [0.3, 0.4) is 0 Å². The number of phenolic OH excluding ortho intramolecular Hbond substituents is 1. The van der Waals surface area contributed by atoms with Gasteiger partial charge in [0.05, 0.1) is 23.7 Å². The number of nitrogens with zero attached hydrogens (tertiary/aromatic N) is 1. The van der Waals surface area contributed by atoms with Crippen molar-refractivity contribution in [3.05, 3.63) is 30.0 Å². The van der Waals surface area contributed by atoms with Crippen LogP contribution < -0.4 is 5.32 Å². The maximum atomic E-state index is 11.9. The summed E-state index contributed by atoms with van der Waals surface area (Å²) in [5.74, 6) is -1.83. The Morgan fingerprint density at radius 3 is 2.45 bits per heavy atom. The summed E-state index contributed by atoms with van der Waals surface area (Å²) < 4.78 is 30.7. The van der Waals surface area contributed by atoms with E-state index in [2.05, 4.69) is 5.32 Å². The fourth-order valence-corrected chi connectivity index (χ4v) is 2.33. The summed E-state index contributed by atoms with van der Waals surface area (Å²) in [5.41, 5.74) is -0.154. The van der Waals surface area contributed by atoms with Crippen LogP contribution in [-0.4, -0.2) is 53.0 Å². The number of phenols is 1. The molecular weight excluding hydrogens is 316 g/mol. The van der Waals surface area contributed by atoms with Crippen molar-refractivity contribution in [2.24, 2.45) is 0 Å². The molecule has 1 aromatic rings. The monoisotopic (exact) mass is 328 g/mol. The minimum Gasteiger partial charge on any atom is -0.506 e. The Balaban J connectivity index is 2.24. The van der Waals surface area contributed by atoms with Crippen LogP contribution >= 0.6 is 0 Å². The SMILES string of the molecule is O=C1C=C(Nc2ccc(S(=O)(=O)O)cc2O)C(=O)N1CCO. The van der Waals surface area contributed by atoms with Gasteiger partial charge in [-0.05, 0) is 12.1 Å². The molecule has 0 aromatic heterocycles. The molecule has 4 N–H and O–H groups in total. The molecule has 9 nitrogen and oxygen atoms in total. The molecule has 0 radical (unpaired) electrons. The molecule has 1 aliphatic rings. The minimum absolute atomic E-state index is 0.0225. The molecule has 1 aliphatic heterocycles. The van der Waals surface area contributed by atoms with Gasteiger partial charge < -0.3 is 15.5 Å². The topological polar surface area (TPSA) is 144 Å². The number of aliphatic hydroxyl groups excluding tert-OH is 1. The molecule has 0 spiro atoms. The highest BCUT2D eigenvalue weighted by atomic mass is 32.2. The van der Waals surface area contributed by atoms with E-state index in [1.165, 1.54) is 0 Å². The summed E-state index contributed by atoms with van der Waals surface area (Å²) in [6.45, 7) is -0.542. The van der Waals surface area contributed by atoms with Crippen LogP contribution in [0.5, 0.6) is 5.75 Å². The second-order valence-corrected chi connectivity index (χ2v) is 5.78. The Morgan fingerprint density at radius 2 is 1.91 bits per heavy atom. The molecule has 0 bridgehead atoms. The van der Waals surface area contributed by atoms with Gasteiger partial charge in [-0.2, -0.15) is 8.42 Å². The van der Waals surface area contributed by atoms with Crippen molar-refractivity contribution in [2.75, 3.05) is 18.5 Å². The zero-order chi connectivity index (χ0) is 16.5. The number of anilines is 1. The van der Waals surface area contributed by atoms with Gasteiger partial charge in [-0.15, -0.1) is 0 Å². The molecule has 1 heterocycles. The van der Waals surface area contributed by atoms with E-state index < -0.39 is 32.6 Å². The van der Waals surface area contributed by atoms with Gasteiger partial charge in [0.25, 0.3) is 21.9 Å². The molecule has 0 saturated carbocycles. The largest absolute Gasteiger partial charge is 0.506 e. The number of aromatic hydroxyl groups is 1. The normalized spacial score (nSPS) is 15.2. The van der Waals surface area contributed by atoms with Gasteiger partial charge in [-0.25, -0.2) is 0 Å². The zero-order valence-corrected chi connectivity index (χ0v) is 11.9. The number of nitrogens with one attached hydrogen (secondary N) is 1. The number of benzene rings is 1. The predicted molar refractivity (Wildman–Crippen MR) is 73.4 cm³/mol. The molecule has 10 heteroatoms. The number of imide groups is 1. The second kappa shape index (κ2) is 5.75. The summed E-state index contributed by atoms with van der Waals surface area (Å²) in [4.78, 5) is 23.7. The lowest BCUT2D eigenvalue weighted by Gasteiger charge is -2.14. The van der Waals surface area contributed by atoms with Gasteiger partial charge in [0.1, 0.15) is 11.4 Å². The molecule has 2 amide bonds. The number of hydrogen-bond donors (Lipinski definition) is 4. The van der Waals surface area contributed by atoms with Crippen LogP contribution in [0.2, 0.25) is 0 Å². The quantitative estimate of drug-likeness (QED) is 0.315. The van der Waals surface area contributed by atoms with Crippen molar-refractivity contribution in [1.82, 2.24) is 4.90 Å². The molecule has 0 atom stereocenters. The maximum absolute atomic E-state index is 11.9. The minimum atomic E-state index is -4.46. The number of hydrogen-bond acceptors (Lipinski definition) is 7. The van der Waals surface area contributed by atoms with Crippen molar-refractivity contribution in [3.8, 4) is 5.75 Å². The maximum Gasteiger partial charge on any atom is 0.294 e. The van der Waals surface area contributed by atoms with Gasteiger partial charge in [-0.3, -0.25) is 19.0 Å². The van der Waals surface area contributed by atoms with Gasteiger partial charge in [0.15, 0.2) is 0 Å². The van der Waals surface area contributed by atoms with E-state index in [-0.39, 0.29) is 24.5 Å². The van der Waals surface area contributed by atoms with E-state index >= 15 is 0 Å². The van der Waals surface area contributed by atoms with Crippen LogP contribution in [0, 0.1) is 0 Å². The molecule has 22 heavy (non-hydrogen) atoms. The Labute approximate surface area is 125 Å². The van der Waals surface area contributed by atoms with E-state index in [0.29, 0.717) is 0 Å². The number of amides is 2. The number of carbonyl (C=O) groups is 2. The average Bonchev–Trinajstić information content (AvgIpc) is 2.68. The molecule has 0 unspecified atom stereocenters. The van der Waals surface area contributed by atoms with Crippen LogP contribution in [0.1, 0.15) is 0 Å². The molecule has 1 aromatic carbocycles. The standard InChI is InChI=1S/C12H12N2O7S/c15-4-3-14-11(17)6-9(12(14)18)13-8-2-1-7(5-10(8)16)22(19,20)21/h1-2,5-6,13,15-16H,3-4H2,(H,19,20,21). The summed E-state index contributed by atoms with van der Waals surface area (Å²) in [6, 6.07) is 2.95. The lowest BCUT2D eigenvalue weighted by Crippen LogP contribution is -2.34. The van der Waals surface area contributed by atoms with Crippen molar-refractivity contribution in [2.45, 2.75) is 4.90 Å². The van der Waals surface area contributed by atoms with Crippen LogP contribution in [0.25, 0.3) is 0 Å². The van der Waals surface area contributed by atoms with E-state index in [1.54, 1.807) is 0 Å². The zero-order valence-electron chi connectivity index (χ0n) is 11.1. The Bertz CT molecular complexity index is 770. The lowest BCUT2D eigenvalue weighted by atomic mass is 10.2. The van der Waals surface area contributed by atoms with Crippen molar-refractivity contribution in [3.63, 3.8) is 0 Å². The third kappa shape index (κ3) is 3.08. The van der Waals surface area contributed by atoms with E-state index in [0.717, 1.165) is 29.2 Å².